The van der Waals surface area contributed by atoms with Crippen LogP contribution in [-0.4, -0.2) is 50.3 Å². The molecule has 1 saturated heterocycles. The first kappa shape index (κ1) is 17.1. The summed E-state index contributed by atoms with van der Waals surface area (Å²) in [4.78, 5) is 5.97. The molecule has 1 aromatic heterocycles. The molecule has 0 spiro atoms. The second-order valence-electron chi connectivity index (χ2n) is 7.55. The minimum Gasteiger partial charge on any atom is -0.361 e. The van der Waals surface area contributed by atoms with Crippen LogP contribution in [0.15, 0.2) is 24.4 Å². The zero-order valence-corrected chi connectivity index (χ0v) is 15.7. The molecule has 0 amide bonds. The zero-order chi connectivity index (χ0) is 17.6. The van der Waals surface area contributed by atoms with E-state index in [0.29, 0.717) is 12.0 Å². The van der Waals surface area contributed by atoms with E-state index in [1.54, 1.807) is 0 Å². The van der Waals surface area contributed by atoms with Gasteiger partial charge in [-0.05, 0) is 48.9 Å². The fourth-order valence-corrected chi connectivity index (χ4v) is 5.22. The Bertz CT molecular complexity index is 874. The highest BCUT2D eigenvalue weighted by molar-refractivity contribution is 7.85. The van der Waals surface area contributed by atoms with E-state index >= 15 is 0 Å². The Morgan fingerprint density at radius 1 is 1.36 bits per heavy atom. The van der Waals surface area contributed by atoms with Crippen molar-refractivity contribution in [1.29, 1.82) is 0 Å². The SMILES string of the molecule is CCCN1CC(COS(C)(=O)=O)CC2c3cccc4[nH]cc(c34)C[C@H]21. The molecular weight excluding hydrogens is 336 g/mol. The molecule has 1 aliphatic heterocycles. The Morgan fingerprint density at radius 3 is 2.96 bits per heavy atom. The lowest BCUT2D eigenvalue weighted by molar-refractivity contribution is 0.0640. The van der Waals surface area contributed by atoms with Crippen LogP contribution in [0.1, 0.15) is 36.8 Å². The van der Waals surface area contributed by atoms with Gasteiger partial charge in [-0.15, -0.1) is 0 Å². The van der Waals surface area contributed by atoms with Crippen molar-refractivity contribution in [2.75, 3.05) is 26.0 Å². The number of hydrogen-bond acceptors (Lipinski definition) is 4. The third-order valence-electron chi connectivity index (χ3n) is 5.69. The number of likely N-dealkylation sites (tertiary alicyclic amines) is 1. The standard InChI is InChI=1S/C19H26N2O3S/c1-3-7-21-11-13(12-24-25(2,22)23)8-16-15-5-4-6-17-19(15)14(10-20-17)9-18(16)21/h4-6,10,13,16,18,20H,3,7-9,11-12H2,1-2H3/t13?,16?,18-/m1/s1. The van der Waals surface area contributed by atoms with Crippen molar-refractivity contribution in [3.8, 4) is 0 Å². The van der Waals surface area contributed by atoms with E-state index < -0.39 is 10.1 Å². The van der Waals surface area contributed by atoms with Gasteiger partial charge in [-0.1, -0.05) is 19.1 Å². The van der Waals surface area contributed by atoms with Crippen molar-refractivity contribution in [2.45, 2.75) is 38.1 Å². The predicted molar refractivity (Wildman–Crippen MR) is 99.3 cm³/mol. The number of nitrogens with zero attached hydrogens (tertiary/aromatic N) is 1. The van der Waals surface area contributed by atoms with Crippen LogP contribution in [0.5, 0.6) is 0 Å². The van der Waals surface area contributed by atoms with Crippen LogP contribution in [0.4, 0.5) is 0 Å². The van der Waals surface area contributed by atoms with Crippen molar-refractivity contribution in [1.82, 2.24) is 9.88 Å². The Labute approximate surface area is 149 Å². The Balaban J connectivity index is 1.67. The molecule has 2 aliphatic rings. The lowest BCUT2D eigenvalue weighted by Crippen LogP contribution is -2.51. The van der Waals surface area contributed by atoms with Gasteiger partial charge in [-0.3, -0.25) is 9.08 Å². The van der Waals surface area contributed by atoms with Crippen LogP contribution >= 0.6 is 0 Å². The minimum absolute atomic E-state index is 0.248. The molecule has 136 valence electrons. The van der Waals surface area contributed by atoms with Gasteiger partial charge in [0, 0.05) is 35.6 Å². The summed E-state index contributed by atoms with van der Waals surface area (Å²) in [6.07, 6.45) is 6.46. The van der Waals surface area contributed by atoms with Crippen molar-refractivity contribution in [2.24, 2.45) is 5.92 Å². The zero-order valence-electron chi connectivity index (χ0n) is 14.9. The third kappa shape index (κ3) is 3.23. The van der Waals surface area contributed by atoms with E-state index in [2.05, 4.69) is 41.2 Å². The molecule has 0 bridgehead atoms. The minimum atomic E-state index is -3.39. The number of aromatic nitrogens is 1. The summed E-state index contributed by atoms with van der Waals surface area (Å²) in [7, 11) is -3.39. The van der Waals surface area contributed by atoms with Crippen molar-refractivity contribution < 1.29 is 12.6 Å². The van der Waals surface area contributed by atoms with Gasteiger partial charge in [0.25, 0.3) is 10.1 Å². The summed E-state index contributed by atoms with van der Waals surface area (Å²) in [5.74, 6) is 0.693. The predicted octanol–water partition coefficient (Wildman–Crippen LogP) is 2.88. The highest BCUT2D eigenvalue weighted by Crippen LogP contribution is 2.44. The average Bonchev–Trinajstić information content (AvgIpc) is 2.98. The number of rotatable bonds is 5. The number of fused-ring (bicyclic) bond motifs is 2. The summed E-state index contributed by atoms with van der Waals surface area (Å²) >= 11 is 0. The Hall–Kier alpha value is -1.37. The molecule has 25 heavy (non-hydrogen) atoms. The molecule has 1 fully saturated rings. The highest BCUT2D eigenvalue weighted by atomic mass is 32.2. The van der Waals surface area contributed by atoms with Crippen LogP contribution in [0.2, 0.25) is 0 Å². The van der Waals surface area contributed by atoms with Crippen molar-refractivity contribution in [3.05, 3.63) is 35.5 Å². The summed E-state index contributed by atoms with van der Waals surface area (Å²) in [6, 6.07) is 7.02. The first-order valence-corrected chi connectivity index (χ1v) is 10.9. The molecule has 2 unspecified atom stereocenters. The molecule has 2 aromatic rings. The lowest BCUT2D eigenvalue weighted by Gasteiger charge is -2.47. The molecule has 5 nitrogen and oxygen atoms in total. The number of nitrogens with one attached hydrogen (secondary N) is 1. The van der Waals surface area contributed by atoms with E-state index in [-0.39, 0.29) is 12.5 Å². The van der Waals surface area contributed by atoms with Crippen molar-refractivity contribution >= 4 is 21.0 Å². The van der Waals surface area contributed by atoms with E-state index in [1.807, 2.05) is 0 Å². The first-order chi connectivity index (χ1) is 12.0. The molecule has 0 radical (unpaired) electrons. The summed E-state index contributed by atoms with van der Waals surface area (Å²) in [5.41, 5.74) is 4.04. The molecular formula is C19H26N2O3S. The molecule has 1 aromatic carbocycles. The first-order valence-electron chi connectivity index (χ1n) is 9.13. The highest BCUT2D eigenvalue weighted by Gasteiger charge is 2.40. The molecule has 6 heteroatoms. The van der Waals surface area contributed by atoms with Gasteiger partial charge in [0.05, 0.1) is 12.9 Å². The fraction of sp³-hybridized carbons (Fsp3) is 0.579. The summed E-state index contributed by atoms with van der Waals surface area (Å²) in [5, 5.41) is 1.38. The Morgan fingerprint density at radius 2 is 2.20 bits per heavy atom. The molecule has 1 aliphatic carbocycles. The number of hydrogen-bond donors (Lipinski definition) is 1. The van der Waals surface area contributed by atoms with Gasteiger partial charge >= 0.3 is 0 Å². The van der Waals surface area contributed by atoms with Crippen molar-refractivity contribution in [3.63, 3.8) is 0 Å². The van der Waals surface area contributed by atoms with Gasteiger partial charge in [0.1, 0.15) is 0 Å². The monoisotopic (exact) mass is 362 g/mol. The molecule has 1 N–H and O–H groups in total. The normalized spacial score (nSPS) is 26.7. The smallest absolute Gasteiger partial charge is 0.264 e. The maximum absolute atomic E-state index is 11.4. The Kier molecular flexibility index (Phi) is 4.38. The van der Waals surface area contributed by atoms with E-state index in [0.717, 1.165) is 38.6 Å². The largest absolute Gasteiger partial charge is 0.361 e. The van der Waals surface area contributed by atoms with Crippen LogP contribution in [0.3, 0.4) is 0 Å². The second kappa shape index (κ2) is 6.41. The second-order valence-corrected chi connectivity index (χ2v) is 9.19. The van der Waals surface area contributed by atoms with Gasteiger partial charge < -0.3 is 4.98 Å². The molecule has 2 heterocycles. The van der Waals surface area contributed by atoms with E-state index in [4.69, 9.17) is 4.18 Å². The van der Waals surface area contributed by atoms with E-state index in [9.17, 15) is 8.42 Å². The number of H-pyrrole nitrogens is 1. The quantitative estimate of drug-likeness (QED) is 0.831. The number of aromatic amines is 1. The summed E-state index contributed by atoms with van der Waals surface area (Å²) < 4.78 is 28.0. The van der Waals surface area contributed by atoms with Crippen LogP contribution in [0, 0.1) is 5.92 Å². The molecule has 0 saturated carbocycles. The maximum atomic E-state index is 11.4. The number of benzene rings is 1. The average molecular weight is 362 g/mol. The van der Waals surface area contributed by atoms with E-state index in [1.165, 1.54) is 22.0 Å². The molecule has 3 atom stereocenters. The van der Waals surface area contributed by atoms with Gasteiger partial charge in [0.2, 0.25) is 0 Å². The van der Waals surface area contributed by atoms with Crippen LogP contribution < -0.4 is 0 Å². The maximum Gasteiger partial charge on any atom is 0.264 e. The third-order valence-corrected chi connectivity index (χ3v) is 6.25. The number of piperidine rings is 1. The lowest BCUT2D eigenvalue weighted by atomic mass is 9.72. The van der Waals surface area contributed by atoms with Gasteiger partial charge in [-0.25, -0.2) is 0 Å². The fourth-order valence-electron chi connectivity index (χ4n) is 4.78. The van der Waals surface area contributed by atoms with Gasteiger partial charge in [0.15, 0.2) is 0 Å². The topological polar surface area (TPSA) is 62.4 Å². The van der Waals surface area contributed by atoms with Crippen LogP contribution in [0.25, 0.3) is 10.9 Å². The van der Waals surface area contributed by atoms with Gasteiger partial charge in [-0.2, -0.15) is 8.42 Å². The summed E-state index contributed by atoms with van der Waals surface area (Å²) in [6.45, 7) is 4.46. The molecule has 4 rings (SSSR count). The van der Waals surface area contributed by atoms with Crippen LogP contribution in [-0.2, 0) is 20.7 Å².